The van der Waals surface area contributed by atoms with E-state index in [0.29, 0.717) is 12.3 Å². The Hall–Kier alpha value is -4.06. The van der Waals surface area contributed by atoms with E-state index in [1.165, 1.54) is 0 Å². The molecule has 242 valence electrons. The fourth-order valence-electron chi connectivity index (χ4n) is 5.61. The molecule has 1 saturated heterocycles. The lowest BCUT2D eigenvalue weighted by atomic mass is 9.91. The van der Waals surface area contributed by atoms with Crippen molar-refractivity contribution in [3.8, 4) is 11.1 Å². The Labute approximate surface area is 281 Å². The molecule has 0 spiro atoms. The number of aliphatic hydroxyl groups is 1. The zero-order valence-corrected chi connectivity index (χ0v) is 27.5. The summed E-state index contributed by atoms with van der Waals surface area (Å²) in [4.78, 5) is 27.6. The zero-order chi connectivity index (χ0) is 32.8. The van der Waals surface area contributed by atoms with E-state index in [-0.39, 0.29) is 43.5 Å². The van der Waals surface area contributed by atoms with Crippen LogP contribution in [0.5, 0.6) is 0 Å². The third-order valence-electron chi connectivity index (χ3n) is 8.24. The van der Waals surface area contributed by atoms with E-state index in [9.17, 15) is 14.7 Å². The minimum atomic E-state index is -0.994. The van der Waals surface area contributed by atoms with E-state index in [1.54, 1.807) is 23.1 Å². The monoisotopic (exact) mass is 668 g/mol. The van der Waals surface area contributed by atoms with Crippen molar-refractivity contribution in [1.82, 2.24) is 10.3 Å². The Balaban J connectivity index is 1.22. The van der Waals surface area contributed by atoms with Crippen molar-refractivity contribution in [1.29, 1.82) is 0 Å². The molecule has 47 heavy (non-hydrogen) atoms. The van der Waals surface area contributed by atoms with Crippen molar-refractivity contribution in [2.45, 2.75) is 55.8 Å². The van der Waals surface area contributed by atoms with Gasteiger partial charge in [-0.25, -0.2) is 4.98 Å². The molecular weight excluding hydrogens is 633 g/mol. The quantitative estimate of drug-likeness (QED) is 0.117. The molecule has 10 heteroatoms. The summed E-state index contributed by atoms with van der Waals surface area (Å²) in [6.45, 7) is 2.45. The number of carboxylic acid groups (broad SMARTS) is 1. The van der Waals surface area contributed by atoms with Crippen LogP contribution in [0.4, 0.5) is 0 Å². The van der Waals surface area contributed by atoms with Gasteiger partial charge in [0.1, 0.15) is 0 Å². The van der Waals surface area contributed by atoms with Crippen LogP contribution in [0.25, 0.3) is 21.3 Å². The van der Waals surface area contributed by atoms with Gasteiger partial charge in [0.15, 0.2) is 10.6 Å². The topological polar surface area (TPSA) is 118 Å². The molecule has 1 aromatic heterocycles. The highest BCUT2D eigenvalue weighted by atomic mass is 32.2. The van der Waals surface area contributed by atoms with Crippen molar-refractivity contribution in [2.75, 3.05) is 5.75 Å². The molecule has 4 atom stereocenters. The lowest BCUT2D eigenvalue weighted by Crippen LogP contribution is -2.38. The molecule has 0 saturated carbocycles. The summed E-state index contributed by atoms with van der Waals surface area (Å²) in [5, 5.41) is 21.2. The van der Waals surface area contributed by atoms with Crippen molar-refractivity contribution >= 4 is 45.2 Å². The number of carboxylic acids is 1. The van der Waals surface area contributed by atoms with Gasteiger partial charge in [-0.2, -0.15) is 0 Å². The maximum absolute atomic E-state index is 12.1. The predicted octanol–water partition coefficient (Wildman–Crippen LogP) is 7.52. The normalized spacial score (nSPS) is 19.4. The van der Waals surface area contributed by atoms with Crippen LogP contribution in [0, 0.1) is 5.92 Å². The number of hydrogen-bond acceptors (Lipinski definition) is 8. The molecule has 3 N–H and O–H groups in total. The molecule has 5 aromatic rings. The molecule has 6 rings (SSSR count). The lowest BCUT2D eigenvalue weighted by molar-refractivity contribution is -0.268. The molecule has 8 nitrogen and oxygen atoms in total. The second-order valence-corrected chi connectivity index (χ2v) is 13.9. The zero-order valence-electron chi connectivity index (χ0n) is 25.9. The minimum absolute atomic E-state index is 0.0143. The number of carbonyl (C=O) groups excluding carboxylic acids is 1. The van der Waals surface area contributed by atoms with E-state index < -0.39 is 12.3 Å². The molecule has 1 amide bonds. The van der Waals surface area contributed by atoms with Gasteiger partial charge in [0, 0.05) is 30.2 Å². The van der Waals surface area contributed by atoms with Crippen LogP contribution in [0.15, 0.2) is 101 Å². The molecule has 1 aliphatic rings. The van der Waals surface area contributed by atoms with Crippen LogP contribution in [-0.2, 0) is 32.2 Å². The van der Waals surface area contributed by atoms with Crippen molar-refractivity contribution < 1.29 is 29.3 Å². The highest BCUT2D eigenvalue weighted by Crippen LogP contribution is 2.44. The Morgan fingerprint density at radius 3 is 2.40 bits per heavy atom. The second kappa shape index (κ2) is 15.2. The predicted molar refractivity (Wildman–Crippen MR) is 184 cm³/mol. The van der Waals surface area contributed by atoms with Crippen LogP contribution < -0.4 is 5.32 Å². The molecule has 1 aliphatic heterocycles. The van der Waals surface area contributed by atoms with Gasteiger partial charge in [0.05, 0.1) is 35.5 Å². The number of amides is 1. The molecule has 0 radical (unpaired) electrons. The average Bonchev–Trinajstić information content (AvgIpc) is 3.53. The van der Waals surface area contributed by atoms with Gasteiger partial charge >= 0.3 is 5.97 Å². The molecule has 1 fully saturated rings. The molecular formula is C37H36N2O6S2. The van der Waals surface area contributed by atoms with E-state index in [2.05, 4.69) is 24.4 Å². The van der Waals surface area contributed by atoms with E-state index in [1.807, 2.05) is 84.9 Å². The highest BCUT2D eigenvalue weighted by Gasteiger charge is 2.38. The first-order valence-electron chi connectivity index (χ1n) is 15.5. The summed E-state index contributed by atoms with van der Waals surface area (Å²) in [6, 6.07) is 32.1. The van der Waals surface area contributed by atoms with Gasteiger partial charge in [-0.1, -0.05) is 91.5 Å². The number of thioether (sulfide) groups is 1. The number of nitrogens with one attached hydrogen (secondary N) is 1. The van der Waals surface area contributed by atoms with Crippen molar-refractivity contribution in [3.63, 3.8) is 0 Å². The number of benzene rings is 4. The summed E-state index contributed by atoms with van der Waals surface area (Å²) in [7, 11) is 0. The second-order valence-electron chi connectivity index (χ2n) is 11.6. The van der Waals surface area contributed by atoms with Gasteiger partial charge in [-0.05, 0) is 52.1 Å². The number of aliphatic hydroxyl groups excluding tert-OH is 1. The number of fused-ring (bicyclic) bond motifs is 1. The van der Waals surface area contributed by atoms with Gasteiger partial charge in [-0.15, -0.1) is 11.3 Å². The van der Waals surface area contributed by atoms with Crippen molar-refractivity contribution in [3.05, 3.63) is 119 Å². The molecule has 0 bridgehead atoms. The summed E-state index contributed by atoms with van der Waals surface area (Å²) in [6.07, 6.45) is -1.20. The Bertz CT molecular complexity index is 1810. The molecule has 0 unspecified atom stereocenters. The first-order chi connectivity index (χ1) is 22.9. The number of aliphatic carboxylic acids is 1. The van der Waals surface area contributed by atoms with E-state index >= 15 is 0 Å². The number of rotatable bonds is 12. The maximum atomic E-state index is 12.1. The van der Waals surface area contributed by atoms with Crippen LogP contribution in [-0.4, -0.2) is 38.9 Å². The van der Waals surface area contributed by atoms with E-state index in [4.69, 9.17) is 19.6 Å². The first kappa shape index (κ1) is 32.9. The fourth-order valence-corrected chi connectivity index (χ4v) is 7.87. The molecule has 2 heterocycles. The van der Waals surface area contributed by atoms with Crippen LogP contribution >= 0.6 is 23.1 Å². The smallest absolute Gasteiger partial charge is 0.303 e. The molecule has 4 aromatic carbocycles. The maximum Gasteiger partial charge on any atom is 0.303 e. The van der Waals surface area contributed by atoms with Crippen LogP contribution in [0.2, 0.25) is 0 Å². The van der Waals surface area contributed by atoms with Gasteiger partial charge in [-0.3, -0.25) is 9.59 Å². The van der Waals surface area contributed by atoms with Crippen LogP contribution in [0.1, 0.15) is 54.4 Å². The van der Waals surface area contributed by atoms with E-state index in [0.717, 1.165) is 47.9 Å². The summed E-state index contributed by atoms with van der Waals surface area (Å²) in [5.74, 6) is -0.520. The Morgan fingerprint density at radius 1 is 0.872 bits per heavy atom. The lowest BCUT2D eigenvalue weighted by Gasteiger charge is -2.41. The first-order valence-corrected chi connectivity index (χ1v) is 17.3. The summed E-state index contributed by atoms with van der Waals surface area (Å²) in [5.41, 5.74) is 6.66. The number of hydrogen-bond donors (Lipinski definition) is 3. The SMILES string of the molecule is C[C@H]1[C@@H](CSc2nc3ccccc3s2)O[C@@H](c2cccc(-c3cccc(CNC(=O)CCC(=O)O)c3)c2)O[C@H]1c1ccc(CO)cc1. The fraction of sp³-hybridized carbons (Fsp3) is 0.270. The Morgan fingerprint density at radius 2 is 1.64 bits per heavy atom. The standard InChI is InChI=1S/C37H36N2O6S2/c1-23-31(22-46-37-39-30-10-2-3-11-32(30)47-37)44-36(45-35(23)26-14-12-24(21-40)13-15-26)29-9-5-8-28(19-29)27-7-4-6-25(18-27)20-38-33(41)16-17-34(42)43/h2-15,18-19,23,31,35-36,40H,16-17,20-22H2,1H3,(H,38,41)(H,42,43)/t23-,31+,35+,36+/m0/s1. The largest absolute Gasteiger partial charge is 0.481 e. The number of thiazole rings is 1. The third kappa shape index (κ3) is 8.27. The third-order valence-corrected chi connectivity index (χ3v) is 10.5. The summed E-state index contributed by atoms with van der Waals surface area (Å²) >= 11 is 3.39. The van der Waals surface area contributed by atoms with Gasteiger partial charge in [0.25, 0.3) is 0 Å². The number of ether oxygens (including phenoxy) is 2. The highest BCUT2D eigenvalue weighted by molar-refractivity contribution is 8.01. The number of para-hydroxylation sites is 1. The number of carbonyl (C=O) groups is 2. The summed E-state index contributed by atoms with van der Waals surface area (Å²) < 4.78 is 15.6. The Kier molecular flexibility index (Phi) is 10.6. The van der Waals surface area contributed by atoms with Crippen LogP contribution in [0.3, 0.4) is 0 Å². The number of nitrogens with zero attached hydrogens (tertiary/aromatic N) is 1. The number of aromatic nitrogens is 1. The minimum Gasteiger partial charge on any atom is -0.481 e. The van der Waals surface area contributed by atoms with Gasteiger partial charge < -0.3 is 25.0 Å². The average molecular weight is 669 g/mol. The van der Waals surface area contributed by atoms with Gasteiger partial charge in [0.2, 0.25) is 5.91 Å². The molecule has 0 aliphatic carbocycles. The van der Waals surface area contributed by atoms with Crippen molar-refractivity contribution in [2.24, 2.45) is 5.92 Å².